The zero-order chi connectivity index (χ0) is 22.3. The van der Waals surface area contributed by atoms with Gasteiger partial charge in [-0.2, -0.15) is 0 Å². The van der Waals surface area contributed by atoms with Crippen molar-refractivity contribution < 1.29 is 28.9 Å². The molecule has 1 amide bonds. The van der Waals surface area contributed by atoms with Crippen LogP contribution in [-0.4, -0.2) is 47.3 Å². The van der Waals surface area contributed by atoms with Crippen molar-refractivity contribution in [2.45, 2.75) is 45.9 Å². The van der Waals surface area contributed by atoms with E-state index in [-0.39, 0.29) is 23.5 Å². The highest BCUT2D eigenvalue weighted by Crippen LogP contribution is 2.27. The Kier molecular flexibility index (Phi) is 8.03. The largest absolute Gasteiger partial charge is 0.503 e. The van der Waals surface area contributed by atoms with Crippen LogP contribution in [0.15, 0.2) is 42.6 Å². The number of amides is 1. The van der Waals surface area contributed by atoms with E-state index >= 15 is 0 Å². The smallest absolute Gasteiger partial charge is 0.328 e. The summed E-state index contributed by atoms with van der Waals surface area (Å²) in [6.07, 6.45) is 0.399. The fraction of sp³-hybridized carbons (Fsp3) is 0.409. The van der Waals surface area contributed by atoms with Crippen molar-refractivity contribution in [2.75, 3.05) is 7.11 Å². The van der Waals surface area contributed by atoms with E-state index in [1.165, 1.54) is 26.3 Å². The Morgan fingerprint density at radius 1 is 1.07 bits per heavy atom. The first-order valence-electron chi connectivity index (χ1n) is 9.69. The van der Waals surface area contributed by atoms with Crippen LogP contribution in [-0.2, 0) is 9.53 Å². The molecule has 0 spiro atoms. The summed E-state index contributed by atoms with van der Waals surface area (Å²) >= 11 is 0. The molecule has 8 nitrogen and oxygen atoms in total. The van der Waals surface area contributed by atoms with Gasteiger partial charge in [0.15, 0.2) is 17.2 Å². The molecular weight excluding hydrogens is 388 g/mol. The summed E-state index contributed by atoms with van der Waals surface area (Å²) in [6.45, 7) is 7.18. The molecule has 1 aromatic carbocycles. The van der Waals surface area contributed by atoms with Gasteiger partial charge in [0.1, 0.15) is 24.0 Å². The highest BCUT2D eigenvalue weighted by molar-refractivity contribution is 5.97. The molecule has 0 radical (unpaired) electrons. The van der Waals surface area contributed by atoms with Crippen LogP contribution >= 0.6 is 0 Å². The molecule has 2 N–H and O–H groups in total. The number of rotatable bonds is 9. The van der Waals surface area contributed by atoms with Gasteiger partial charge in [-0.15, -0.1) is 0 Å². The molecule has 1 heterocycles. The number of para-hydroxylation sites is 1. The molecule has 30 heavy (non-hydrogen) atoms. The van der Waals surface area contributed by atoms with Crippen LogP contribution < -0.4 is 14.8 Å². The lowest BCUT2D eigenvalue weighted by atomic mass is 10.0. The van der Waals surface area contributed by atoms with Gasteiger partial charge in [-0.25, -0.2) is 9.78 Å². The van der Waals surface area contributed by atoms with Gasteiger partial charge in [0, 0.05) is 12.3 Å². The quantitative estimate of drug-likeness (QED) is 0.605. The van der Waals surface area contributed by atoms with Crippen LogP contribution in [0.1, 0.15) is 38.2 Å². The summed E-state index contributed by atoms with van der Waals surface area (Å²) in [4.78, 5) is 28.7. The van der Waals surface area contributed by atoms with Gasteiger partial charge in [-0.05, 0) is 31.9 Å². The molecule has 0 unspecified atom stereocenters. The first-order valence-corrected chi connectivity index (χ1v) is 9.69. The van der Waals surface area contributed by atoms with Crippen LogP contribution in [0.2, 0.25) is 0 Å². The van der Waals surface area contributed by atoms with Crippen molar-refractivity contribution in [1.82, 2.24) is 10.3 Å². The molecule has 0 aliphatic heterocycles. The Morgan fingerprint density at radius 3 is 2.33 bits per heavy atom. The van der Waals surface area contributed by atoms with E-state index in [4.69, 9.17) is 14.2 Å². The molecular formula is C22H28N2O6. The molecule has 2 rings (SSSR count). The molecule has 0 saturated carbocycles. The molecule has 0 fully saturated rings. The molecule has 1 aromatic heterocycles. The summed E-state index contributed by atoms with van der Waals surface area (Å²) in [7, 11) is 1.36. The van der Waals surface area contributed by atoms with Gasteiger partial charge in [0.2, 0.25) is 0 Å². The van der Waals surface area contributed by atoms with Crippen LogP contribution in [0, 0.1) is 5.92 Å². The van der Waals surface area contributed by atoms with Gasteiger partial charge in [-0.1, -0.05) is 32.0 Å². The Hall–Kier alpha value is -3.29. The van der Waals surface area contributed by atoms with Gasteiger partial charge < -0.3 is 24.6 Å². The van der Waals surface area contributed by atoms with E-state index < -0.39 is 29.8 Å². The summed E-state index contributed by atoms with van der Waals surface area (Å²) < 4.78 is 16.5. The zero-order valence-electron chi connectivity index (χ0n) is 17.8. The number of aromatic nitrogens is 1. The predicted molar refractivity (Wildman–Crippen MR) is 111 cm³/mol. The summed E-state index contributed by atoms with van der Waals surface area (Å²) in [5, 5.41) is 12.5. The third-order valence-corrected chi connectivity index (χ3v) is 4.46. The first-order chi connectivity index (χ1) is 14.2. The predicted octanol–water partition coefficient (Wildman–Crippen LogP) is 2.95. The first kappa shape index (κ1) is 23.0. The maximum atomic E-state index is 12.5. The second-order valence-electron chi connectivity index (χ2n) is 7.19. The number of hydrogen-bond donors (Lipinski definition) is 2. The minimum atomic E-state index is -0.961. The maximum Gasteiger partial charge on any atom is 0.328 e. The molecule has 2 aromatic rings. The van der Waals surface area contributed by atoms with E-state index in [1.807, 2.05) is 44.2 Å². The molecule has 0 bridgehead atoms. The zero-order valence-corrected chi connectivity index (χ0v) is 17.8. The highest BCUT2D eigenvalue weighted by Gasteiger charge is 2.29. The second kappa shape index (κ2) is 10.5. The van der Waals surface area contributed by atoms with Crippen LogP contribution in [0.3, 0.4) is 0 Å². The number of pyridine rings is 1. The molecule has 162 valence electrons. The number of nitrogens with one attached hydrogen (secondary N) is 1. The van der Waals surface area contributed by atoms with E-state index in [9.17, 15) is 14.7 Å². The van der Waals surface area contributed by atoms with Crippen LogP contribution in [0.5, 0.6) is 17.2 Å². The molecule has 3 atom stereocenters. The van der Waals surface area contributed by atoms with Crippen molar-refractivity contribution in [1.29, 1.82) is 0 Å². The lowest BCUT2D eigenvalue weighted by molar-refractivity contribution is -0.155. The van der Waals surface area contributed by atoms with E-state index in [0.717, 1.165) is 0 Å². The molecule has 0 saturated heterocycles. The highest BCUT2D eigenvalue weighted by atomic mass is 16.6. The van der Waals surface area contributed by atoms with E-state index in [0.29, 0.717) is 5.75 Å². The summed E-state index contributed by atoms with van der Waals surface area (Å²) in [5.74, 6) is -0.875. The summed E-state index contributed by atoms with van der Waals surface area (Å²) in [6, 6.07) is 9.74. The number of methoxy groups -OCH3 is 1. The van der Waals surface area contributed by atoms with Crippen LogP contribution in [0.4, 0.5) is 0 Å². The standard InChI is InChI=1S/C22H28N2O6/c1-13(2)20(30-16-9-7-6-8-10-16)15(4)29-22(27)14(3)24-21(26)18-19(25)17(28-5)11-12-23-18/h6-15,20,25H,1-5H3,(H,24,26)/t14-,15-,20+/m0/s1. The molecule has 0 aliphatic carbocycles. The van der Waals surface area contributed by atoms with Crippen molar-refractivity contribution in [3.63, 3.8) is 0 Å². The SMILES string of the molecule is COc1ccnc(C(=O)N[C@@H](C)C(=O)O[C@@H](C)[C@H](Oc2ccccc2)C(C)C)c1O. The van der Waals surface area contributed by atoms with Gasteiger partial charge in [-0.3, -0.25) is 4.79 Å². The number of esters is 1. The third kappa shape index (κ3) is 5.85. The van der Waals surface area contributed by atoms with Crippen molar-refractivity contribution in [3.05, 3.63) is 48.3 Å². The van der Waals surface area contributed by atoms with Gasteiger partial charge in [0.05, 0.1) is 7.11 Å². The average Bonchev–Trinajstić information content (AvgIpc) is 2.72. The molecule has 8 heteroatoms. The Balaban J connectivity index is 2.00. The number of nitrogens with zero attached hydrogens (tertiary/aromatic N) is 1. The maximum absolute atomic E-state index is 12.5. The second-order valence-corrected chi connectivity index (χ2v) is 7.19. The molecule has 0 aliphatic rings. The van der Waals surface area contributed by atoms with Crippen molar-refractivity contribution in [2.24, 2.45) is 5.92 Å². The lowest BCUT2D eigenvalue weighted by Gasteiger charge is -2.29. The Labute approximate surface area is 176 Å². The Morgan fingerprint density at radius 2 is 1.73 bits per heavy atom. The Bertz CT molecular complexity index is 856. The topological polar surface area (TPSA) is 107 Å². The number of ether oxygens (including phenoxy) is 3. The third-order valence-electron chi connectivity index (χ3n) is 4.46. The van der Waals surface area contributed by atoms with Crippen LogP contribution in [0.25, 0.3) is 0 Å². The number of carbonyl (C=O) groups excluding carboxylic acids is 2. The van der Waals surface area contributed by atoms with Crippen molar-refractivity contribution in [3.8, 4) is 17.2 Å². The average molecular weight is 416 g/mol. The minimum absolute atomic E-state index is 0.0795. The van der Waals surface area contributed by atoms with E-state index in [1.54, 1.807) is 6.92 Å². The number of carbonyl (C=O) groups is 2. The summed E-state index contributed by atoms with van der Waals surface area (Å²) in [5.41, 5.74) is -0.241. The van der Waals surface area contributed by atoms with Gasteiger partial charge in [0.25, 0.3) is 5.91 Å². The monoisotopic (exact) mass is 416 g/mol. The fourth-order valence-corrected chi connectivity index (χ4v) is 2.87. The van der Waals surface area contributed by atoms with Crippen molar-refractivity contribution >= 4 is 11.9 Å². The normalized spacial score (nSPS) is 13.8. The number of benzene rings is 1. The fourth-order valence-electron chi connectivity index (χ4n) is 2.87. The number of aromatic hydroxyl groups is 1. The minimum Gasteiger partial charge on any atom is -0.503 e. The van der Waals surface area contributed by atoms with Gasteiger partial charge >= 0.3 is 5.97 Å². The lowest BCUT2D eigenvalue weighted by Crippen LogP contribution is -2.44. The number of hydrogen-bond acceptors (Lipinski definition) is 7. The van der Waals surface area contributed by atoms with E-state index in [2.05, 4.69) is 10.3 Å².